The summed E-state index contributed by atoms with van der Waals surface area (Å²) in [5.74, 6) is 1.82. The number of aromatic amines is 1. The number of halogens is 1. The van der Waals surface area contributed by atoms with E-state index in [1.54, 1.807) is 0 Å². The standard InChI is InChI=1S/C13H23BrN2/c1-10(9-13(2,3)4)7-11(14)8-12-15-5-6-16-12/h5-6,10-11H,7-9H2,1-4H3,(H,15,16). The second-order valence-electron chi connectivity index (χ2n) is 5.94. The van der Waals surface area contributed by atoms with Crippen molar-refractivity contribution >= 4 is 15.9 Å². The quantitative estimate of drug-likeness (QED) is 0.809. The molecule has 0 radical (unpaired) electrons. The van der Waals surface area contributed by atoms with Gasteiger partial charge in [-0.25, -0.2) is 4.98 Å². The molecule has 1 aromatic rings. The van der Waals surface area contributed by atoms with Crippen molar-refractivity contribution in [2.45, 2.75) is 51.8 Å². The lowest BCUT2D eigenvalue weighted by Crippen LogP contribution is -2.15. The monoisotopic (exact) mass is 286 g/mol. The molecule has 0 amide bonds. The van der Waals surface area contributed by atoms with Crippen molar-refractivity contribution in [2.24, 2.45) is 11.3 Å². The van der Waals surface area contributed by atoms with Gasteiger partial charge in [0, 0.05) is 23.6 Å². The molecular weight excluding hydrogens is 264 g/mol. The average molecular weight is 287 g/mol. The third-order valence-electron chi connectivity index (χ3n) is 2.59. The Morgan fingerprint density at radius 1 is 1.44 bits per heavy atom. The van der Waals surface area contributed by atoms with Crippen molar-refractivity contribution in [3.05, 3.63) is 18.2 Å². The van der Waals surface area contributed by atoms with Gasteiger partial charge in [-0.05, 0) is 24.2 Å². The Bertz CT molecular complexity index is 287. The van der Waals surface area contributed by atoms with Crippen molar-refractivity contribution in [2.75, 3.05) is 0 Å². The molecule has 0 saturated carbocycles. The molecular formula is C13H23BrN2. The van der Waals surface area contributed by atoms with Gasteiger partial charge in [0.05, 0.1) is 0 Å². The summed E-state index contributed by atoms with van der Waals surface area (Å²) in [4.78, 5) is 7.93. The Morgan fingerprint density at radius 3 is 2.62 bits per heavy atom. The summed E-state index contributed by atoms with van der Waals surface area (Å²) in [6, 6.07) is 0. The normalized spacial score (nSPS) is 16.1. The fraction of sp³-hybridized carbons (Fsp3) is 0.769. The topological polar surface area (TPSA) is 28.7 Å². The molecule has 16 heavy (non-hydrogen) atoms. The van der Waals surface area contributed by atoms with Crippen LogP contribution in [0, 0.1) is 11.3 Å². The minimum atomic E-state index is 0.427. The Hall–Kier alpha value is -0.310. The number of imidazole rings is 1. The fourth-order valence-corrected chi connectivity index (χ4v) is 3.21. The maximum atomic E-state index is 4.25. The first-order valence-corrected chi connectivity index (χ1v) is 6.91. The van der Waals surface area contributed by atoms with E-state index < -0.39 is 0 Å². The van der Waals surface area contributed by atoms with E-state index in [-0.39, 0.29) is 0 Å². The third-order valence-corrected chi connectivity index (χ3v) is 3.29. The zero-order valence-electron chi connectivity index (χ0n) is 10.8. The number of alkyl halides is 1. The average Bonchev–Trinajstić information content (AvgIpc) is 2.51. The molecule has 0 aromatic carbocycles. The third kappa shape index (κ3) is 5.69. The van der Waals surface area contributed by atoms with E-state index in [0.717, 1.165) is 18.2 Å². The fourth-order valence-electron chi connectivity index (χ4n) is 2.27. The van der Waals surface area contributed by atoms with Gasteiger partial charge in [0.2, 0.25) is 0 Å². The highest BCUT2D eigenvalue weighted by Gasteiger charge is 2.18. The van der Waals surface area contributed by atoms with Crippen LogP contribution in [0.25, 0.3) is 0 Å². The van der Waals surface area contributed by atoms with Crippen LogP contribution in [0.1, 0.15) is 46.4 Å². The number of nitrogens with one attached hydrogen (secondary N) is 1. The number of rotatable bonds is 5. The number of nitrogens with zero attached hydrogens (tertiary/aromatic N) is 1. The molecule has 0 aliphatic carbocycles. The van der Waals surface area contributed by atoms with Crippen LogP contribution in [0.15, 0.2) is 12.4 Å². The van der Waals surface area contributed by atoms with Gasteiger partial charge < -0.3 is 4.98 Å². The van der Waals surface area contributed by atoms with E-state index in [0.29, 0.717) is 10.2 Å². The van der Waals surface area contributed by atoms with Crippen LogP contribution < -0.4 is 0 Å². The molecule has 2 atom stereocenters. The lowest BCUT2D eigenvalue weighted by atomic mass is 9.83. The molecule has 2 unspecified atom stereocenters. The molecule has 1 N–H and O–H groups in total. The second-order valence-corrected chi connectivity index (χ2v) is 7.24. The number of aromatic nitrogens is 2. The van der Waals surface area contributed by atoms with Crippen LogP contribution in [-0.2, 0) is 6.42 Å². The van der Waals surface area contributed by atoms with Crippen molar-refractivity contribution in [1.29, 1.82) is 0 Å². The number of hydrogen-bond acceptors (Lipinski definition) is 1. The minimum Gasteiger partial charge on any atom is -0.349 e. The van der Waals surface area contributed by atoms with Crippen molar-refractivity contribution in [3.8, 4) is 0 Å². The maximum Gasteiger partial charge on any atom is 0.107 e. The van der Waals surface area contributed by atoms with E-state index in [1.807, 2.05) is 12.4 Å². The number of H-pyrrole nitrogens is 1. The maximum absolute atomic E-state index is 4.25. The zero-order valence-corrected chi connectivity index (χ0v) is 12.3. The van der Waals surface area contributed by atoms with Crippen molar-refractivity contribution < 1.29 is 0 Å². The van der Waals surface area contributed by atoms with Gasteiger partial charge in [0.1, 0.15) is 5.82 Å². The summed E-state index contributed by atoms with van der Waals surface area (Å²) >= 11 is 3.75. The Kier molecular flexibility index (Phi) is 5.03. The lowest BCUT2D eigenvalue weighted by Gasteiger charge is -2.24. The van der Waals surface area contributed by atoms with Gasteiger partial charge in [-0.1, -0.05) is 43.6 Å². The summed E-state index contributed by atoms with van der Waals surface area (Å²) in [5.41, 5.74) is 0.427. The summed E-state index contributed by atoms with van der Waals surface area (Å²) in [6.45, 7) is 9.25. The summed E-state index contributed by atoms with van der Waals surface area (Å²) in [7, 11) is 0. The predicted molar refractivity (Wildman–Crippen MR) is 72.9 cm³/mol. The molecule has 0 spiro atoms. The predicted octanol–water partition coefficient (Wildman–Crippen LogP) is 4.18. The van der Waals surface area contributed by atoms with Crippen LogP contribution in [0.3, 0.4) is 0 Å². The zero-order chi connectivity index (χ0) is 12.2. The van der Waals surface area contributed by atoms with Crippen molar-refractivity contribution in [1.82, 2.24) is 9.97 Å². The highest BCUT2D eigenvalue weighted by molar-refractivity contribution is 9.09. The minimum absolute atomic E-state index is 0.427. The van der Waals surface area contributed by atoms with Gasteiger partial charge in [-0.15, -0.1) is 0 Å². The van der Waals surface area contributed by atoms with Crippen LogP contribution in [-0.4, -0.2) is 14.8 Å². The van der Waals surface area contributed by atoms with Gasteiger partial charge in [0.15, 0.2) is 0 Å². The molecule has 1 heterocycles. The molecule has 0 aliphatic heterocycles. The molecule has 0 bridgehead atoms. The summed E-state index contributed by atoms with van der Waals surface area (Å²) in [5, 5.41) is 0. The first-order chi connectivity index (χ1) is 7.37. The Morgan fingerprint density at radius 2 is 2.12 bits per heavy atom. The molecule has 0 saturated heterocycles. The first kappa shape index (κ1) is 13.8. The van der Waals surface area contributed by atoms with Crippen LogP contribution >= 0.6 is 15.9 Å². The molecule has 3 heteroatoms. The highest BCUT2D eigenvalue weighted by Crippen LogP contribution is 2.28. The van der Waals surface area contributed by atoms with Gasteiger partial charge in [-0.3, -0.25) is 0 Å². The van der Waals surface area contributed by atoms with E-state index >= 15 is 0 Å². The molecule has 0 fully saturated rings. The van der Waals surface area contributed by atoms with E-state index in [1.165, 1.54) is 12.8 Å². The highest BCUT2D eigenvalue weighted by atomic mass is 79.9. The molecule has 0 aliphatic rings. The largest absolute Gasteiger partial charge is 0.349 e. The van der Waals surface area contributed by atoms with E-state index in [2.05, 4.69) is 53.6 Å². The Balaban J connectivity index is 2.31. The summed E-state index contributed by atoms with van der Waals surface area (Å²) in [6.07, 6.45) is 7.16. The Labute approximate surface area is 107 Å². The smallest absolute Gasteiger partial charge is 0.107 e. The first-order valence-electron chi connectivity index (χ1n) is 5.99. The van der Waals surface area contributed by atoms with Gasteiger partial charge in [-0.2, -0.15) is 0 Å². The van der Waals surface area contributed by atoms with Crippen LogP contribution in [0.4, 0.5) is 0 Å². The van der Waals surface area contributed by atoms with E-state index in [4.69, 9.17) is 0 Å². The lowest BCUT2D eigenvalue weighted by molar-refractivity contribution is 0.296. The second kappa shape index (κ2) is 5.85. The van der Waals surface area contributed by atoms with E-state index in [9.17, 15) is 0 Å². The molecule has 92 valence electrons. The SMILES string of the molecule is CC(CC(Br)Cc1ncc[nH]1)CC(C)(C)C. The van der Waals surface area contributed by atoms with Gasteiger partial charge in [0.25, 0.3) is 0 Å². The summed E-state index contributed by atoms with van der Waals surface area (Å²) < 4.78 is 0. The van der Waals surface area contributed by atoms with Crippen LogP contribution in [0.2, 0.25) is 0 Å². The molecule has 1 aromatic heterocycles. The van der Waals surface area contributed by atoms with Gasteiger partial charge >= 0.3 is 0 Å². The number of hydrogen-bond donors (Lipinski definition) is 1. The van der Waals surface area contributed by atoms with Crippen molar-refractivity contribution in [3.63, 3.8) is 0 Å². The molecule has 2 nitrogen and oxygen atoms in total. The van der Waals surface area contributed by atoms with Crippen LogP contribution in [0.5, 0.6) is 0 Å². The molecule has 1 rings (SSSR count).